The summed E-state index contributed by atoms with van der Waals surface area (Å²) in [6, 6.07) is 7.93. The highest BCUT2D eigenvalue weighted by atomic mass is 19.1. The zero-order chi connectivity index (χ0) is 20.1. The number of rotatable bonds is 4. The van der Waals surface area contributed by atoms with Crippen molar-refractivity contribution in [3.63, 3.8) is 0 Å². The van der Waals surface area contributed by atoms with Crippen LogP contribution in [-0.4, -0.2) is 30.1 Å². The van der Waals surface area contributed by atoms with E-state index in [9.17, 15) is 13.6 Å². The summed E-state index contributed by atoms with van der Waals surface area (Å²) in [7, 11) is 0. The maximum Gasteiger partial charge on any atom is 0.437 e. The van der Waals surface area contributed by atoms with Crippen LogP contribution in [0, 0.1) is 11.6 Å². The van der Waals surface area contributed by atoms with Crippen molar-refractivity contribution in [3.05, 3.63) is 59.3 Å². The van der Waals surface area contributed by atoms with Crippen molar-refractivity contribution in [3.8, 4) is 0 Å². The Morgan fingerprint density at radius 3 is 2.50 bits per heavy atom. The van der Waals surface area contributed by atoms with Gasteiger partial charge in [-0.1, -0.05) is 12.1 Å². The highest BCUT2D eigenvalue weighted by molar-refractivity contribution is 5.87. The minimum atomic E-state index is -0.988. The number of guanidine groups is 1. The average molecular weight is 389 g/mol. The van der Waals surface area contributed by atoms with E-state index in [-0.39, 0.29) is 23.8 Å². The van der Waals surface area contributed by atoms with Crippen LogP contribution in [0.25, 0.3) is 0 Å². The summed E-state index contributed by atoms with van der Waals surface area (Å²) in [5, 5.41) is 0. The number of pyridine rings is 1. The van der Waals surface area contributed by atoms with Gasteiger partial charge in [0.1, 0.15) is 12.4 Å². The fourth-order valence-corrected chi connectivity index (χ4v) is 3.24. The van der Waals surface area contributed by atoms with Crippen LogP contribution < -0.4 is 16.4 Å². The van der Waals surface area contributed by atoms with Gasteiger partial charge in [-0.05, 0) is 42.5 Å². The van der Waals surface area contributed by atoms with E-state index in [0.717, 1.165) is 18.4 Å². The van der Waals surface area contributed by atoms with E-state index in [0.29, 0.717) is 19.0 Å². The second-order valence-electron chi connectivity index (χ2n) is 6.51. The van der Waals surface area contributed by atoms with Crippen LogP contribution in [0.5, 0.6) is 0 Å². The molecule has 0 saturated carbocycles. The second-order valence-corrected chi connectivity index (χ2v) is 6.51. The SMILES string of the molecule is NC(N)=NC(=O)OCc1ccnc(N2CCC(c3ccc(F)cc3)CC2)c1F. The topological polar surface area (TPSA) is 107 Å². The number of ether oxygens (including phenoxy) is 1. The molecule has 2 heterocycles. The van der Waals surface area contributed by atoms with E-state index >= 15 is 0 Å². The van der Waals surface area contributed by atoms with Crippen molar-refractivity contribution >= 4 is 17.9 Å². The van der Waals surface area contributed by atoms with Crippen molar-refractivity contribution < 1.29 is 18.3 Å². The number of anilines is 1. The molecule has 1 saturated heterocycles. The lowest BCUT2D eigenvalue weighted by atomic mass is 9.89. The first-order valence-electron chi connectivity index (χ1n) is 8.84. The number of hydrogen-bond acceptors (Lipinski definition) is 4. The maximum absolute atomic E-state index is 14.8. The molecule has 0 radical (unpaired) electrons. The molecule has 148 valence electrons. The monoisotopic (exact) mass is 389 g/mol. The van der Waals surface area contributed by atoms with Crippen LogP contribution in [-0.2, 0) is 11.3 Å². The van der Waals surface area contributed by atoms with Gasteiger partial charge >= 0.3 is 6.09 Å². The Balaban J connectivity index is 1.64. The molecule has 1 aromatic carbocycles. The van der Waals surface area contributed by atoms with Gasteiger partial charge in [0.05, 0.1) is 0 Å². The lowest BCUT2D eigenvalue weighted by molar-refractivity contribution is 0.149. The van der Waals surface area contributed by atoms with Crippen LogP contribution in [0.1, 0.15) is 29.9 Å². The van der Waals surface area contributed by atoms with Gasteiger partial charge in [-0.3, -0.25) is 0 Å². The molecule has 7 nitrogen and oxygen atoms in total. The molecule has 0 aliphatic carbocycles. The Morgan fingerprint density at radius 1 is 1.18 bits per heavy atom. The fraction of sp³-hybridized carbons (Fsp3) is 0.316. The minimum Gasteiger partial charge on any atom is -0.443 e. The first-order valence-corrected chi connectivity index (χ1v) is 8.84. The fourth-order valence-electron chi connectivity index (χ4n) is 3.24. The number of aliphatic imine (C=N–C) groups is 1. The van der Waals surface area contributed by atoms with E-state index in [1.165, 1.54) is 24.4 Å². The molecular weight excluding hydrogens is 368 g/mol. The summed E-state index contributed by atoms with van der Waals surface area (Å²) < 4.78 is 32.7. The van der Waals surface area contributed by atoms with Crippen molar-refractivity contribution in [1.82, 2.24) is 4.98 Å². The number of benzene rings is 1. The standard InChI is InChI=1S/C19H21F2N5O2/c20-15-3-1-12(2-4-15)13-6-9-26(10-7-13)17-16(21)14(5-8-24-17)11-28-19(27)25-18(22)23/h1-5,8,13H,6-7,9-11H2,(H4,22,23,25,27). The summed E-state index contributed by atoms with van der Waals surface area (Å²) in [6.07, 6.45) is 2.08. The number of piperidine rings is 1. The van der Waals surface area contributed by atoms with Crippen LogP contribution in [0.2, 0.25) is 0 Å². The first-order chi connectivity index (χ1) is 13.4. The largest absolute Gasteiger partial charge is 0.443 e. The van der Waals surface area contributed by atoms with Gasteiger partial charge in [0, 0.05) is 24.8 Å². The molecule has 1 fully saturated rings. The molecule has 9 heteroatoms. The number of aromatic nitrogens is 1. The molecule has 0 bridgehead atoms. The van der Waals surface area contributed by atoms with E-state index in [4.69, 9.17) is 16.2 Å². The van der Waals surface area contributed by atoms with Gasteiger partial charge in [-0.15, -0.1) is 4.99 Å². The maximum atomic E-state index is 14.8. The van der Waals surface area contributed by atoms with E-state index < -0.39 is 17.9 Å². The van der Waals surface area contributed by atoms with Gasteiger partial charge in [0.25, 0.3) is 0 Å². The third-order valence-corrected chi connectivity index (χ3v) is 4.66. The number of nitrogens with two attached hydrogens (primary N) is 2. The summed E-state index contributed by atoms with van der Waals surface area (Å²) in [6.45, 7) is 0.926. The highest BCUT2D eigenvalue weighted by Gasteiger charge is 2.24. The third-order valence-electron chi connectivity index (χ3n) is 4.66. The molecule has 0 unspecified atom stereocenters. The Hall–Kier alpha value is -3.23. The molecule has 1 aromatic heterocycles. The number of halogens is 2. The summed E-state index contributed by atoms with van der Waals surface area (Å²) in [5.41, 5.74) is 11.4. The van der Waals surface area contributed by atoms with Crippen molar-refractivity contribution in [2.24, 2.45) is 16.5 Å². The number of carbonyl (C=O) groups excluding carboxylic acids is 1. The van der Waals surface area contributed by atoms with Crippen LogP contribution in [0.15, 0.2) is 41.5 Å². The quantitative estimate of drug-likeness (QED) is 0.615. The lowest BCUT2D eigenvalue weighted by Crippen LogP contribution is -2.34. The van der Waals surface area contributed by atoms with E-state index in [1.54, 1.807) is 12.1 Å². The molecule has 0 spiro atoms. The minimum absolute atomic E-state index is 0.185. The van der Waals surface area contributed by atoms with Crippen LogP contribution in [0.3, 0.4) is 0 Å². The Morgan fingerprint density at radius 2 is 1.86 bits per heavy atom. The molecule has 0 atom stereocenters. The zero-order valence-corrected chi connectivity index (χ0v) is 15.1. The molecule has 1 amide bonds. The average Bonchev–Trinajstić information content (AvgIpc) is 2.67. The van der Waals surface area contributed by atoms with Crippen LogP contribution >= 0.6 is 0 Å². The number of nitrogens with zero attached hydrogens (tertiary/aromatic N) is 3. The number of hydrogen-bond donors (Lipinski definition) is 2. The van der Waals surface area contributed by atoms with Gasteiger partial charge in [0.15, 0.2) is 17.6 Å². The highest BCUT2D eigenvalue weighted by Crippen LogP contribution is 2.31. The third kappa shape index (κ3) is 4.73. The van der Waals surface area contributed by atoms with Crippen molar-refractivity contribution in [1.29, 1.82) is 0 Å². The van der Waals surface area contributed by atoms with Gasteiger partial charge in [-0.25, -0.2) is 18.6 Å². The van der Waals surface area contributed by atoms with E-state index in [2.05, 4.69) is 9.98 Å². The van der Waals surface area contributed by atoms with Gasteiger partial charge < -0.3 is 21.1 Å². The molecule has 1 aliphatic rings. The van der Waals surface area contributed by atoms with E-state index in [1.807, 2.05) is 4.90 Å². The predicted octanol–water partition coefficient (Wildman–Crippen LogP) is 2.65. The number of amides is 1. The number of carbonyl (C=O) groups is 1. The zero-order valence-electron chi connectivity index (χ0n) is 15.1. The summed E-state index contributed by atoms with van der Waals surface area (Å²) >= 11 is 0. The lowest BCUT2D eigenvalue weighted by Gasteiger charge is -2.33. The second kappa shape index (κ2) is 8.64. The Kier molecular flexibility index (Phi) is 6.03. The van der Waals surface area contributed by atoms with Crippen LogP contribution in [0.4, 0.5) is 19.4 Å². The predicted molar refractivity (Wildman–Crippen MR) is 101 cm³/mol. The molecule has 2 aromatic rings. The molecule has 4 N–H and O–H groups in total. The van der Waals surface area contributed by atoms with Crippen molar-refractivity contribution in [2.75, 3.05) is 18.0 Å². The Bertz CT molecular complexity index is 861. The molecule has 3 rings (SSSR count). The first kappa shape index (κ1) is 19.5. The normalized spacial score (nSPS) is 14.6. The molecule has 28 heavy (non-hydrogen) atoms. The molecule has 1 aliphatic heterocycles. The Labute approximate surface area is 161 Å². The molecular formula is C19H21F2N5O2. The van der Waals surface area contributed by atoms with Crippen molar-refractivity contribution in [2.45, 2.75) is 25.4 Å². The summed E-state index contributed by atoms with van der Waals surface area (Å²) in [5.74, 6) is -0.716. The summed E-state index contributed by atoms with van der Waals surface area (Å²) in [4.78, 5) is 20.6. The van der Waals surface area contributed by atoms with Gasteiger partial charge in [0.2, 0.25) is 0 Å². The smallest absolute Gasteiger partial charge is 0.437 e. The van der Waals surface area contributed by atoms with Gasteiger partial charge in [-0.2, -0.15) is 0 Å².